The van der Waals surface area contributed by atoms with Gasteiger partial charge in [-0.25, -0.2) is 0 Å². The van der Waals surface area contributed by atoms with Crippen molar-refractivity contribution in [2.24, 2.45) is 0 Å². The molecule has 0 atom stereocenters. The fourth-order valence-electron chi connectivity index (χ4n) is 1.48. The first-order valence-electron chi connectivity index (χ1n) is 6.97. The summed E-state index contributed by atoms with van der Waals surface area (Å²) in [5.74, 6) is 1.53. The number of hydrogen-bond donors (Lipinski definition) is 1. The molecule has 0 aliphatic rings. The molecular formula is C15H24O6W9. The van der Waals surface area contributed by atoms with E-state index < -0.39 is 0 Å². The van der Waals surface area contributed by atoms with E-state index in [1.807, 2.05) is 24.3 Å². The molecule has 1 rings (SSSR count). The molecule has 0 saturated heterocycles. The molecule has 30 heavy (non-hydrogen) atoms. The summed E-state index contributed by atoms with van der Waals surface area (Å²) >= 11 is 0. The maximum Gasteiger partial charge on any atom is 0.119 e. The standard InChI is InChI=1S/C15H24O6.9W/c1-17-8-9-19-11-13-21-15-4-2-14(3-5-15)20-12-10-18-7-6-16;;;;;;;;;/h2-5,16H,6-13H2,1H3;;;;;;;;;. The molecule has 0 saturated carbocycles. The molecule has 0 heterocycles. The Hall–Kier alpha value is 4.85. The van der Waals surface area contributed by atoms with Crippen molar-refractivity contribution in [3.63, 3.8) is 0 Å². The second-order valence-corrected chi connectivity index (χ2v) is 4.11. The van der Waals surface area contributed by atoms with Crippen LogP contribution in [0.4, 0.5) is 0 Å². The van der Waals surface area contributed by atoms with Gasteiger partial charge in [-0.2, -0.15) is 0 Å². The Morgan fingerprint density at radius 1 is 0.533 bits per heavy atom. The van der Waals surface area contributed by atoms with E-state index in [0.717, 1.165) is 11.5 Å². The zero-order valence-electron chi connectivity index (χ0n) is 16.1. The van der Waals surface area contributed by atoms with E-state index in [0.29, 0.717) is 46.2 Å². The normalized spacial score (nSPS) is 7.40. The van der Waals surface area contributed by atoms with E-state index in [-0.39, 0.29) is 196 Å². The first-order chi connectivity index (χ1) is 10.4. The molecule has 1 aromatic carbocycles. The Balaban J connectivity index is -0.0000000700. The molecule has 0 spiro atoms. The first kappa shape index (κ1) is 59.8. The Morgan fingerprint density at radius 2 is 0.867 bits per heavy atom. The van der Waals surface area contributed by atoms with Crippen LogP contribution >= 0.6 is 0 Å². The van der Waals surface area contributed by atoms with Crippen molar-refractivity contribution in [3.8, 4) is 11.5 Å². The monoisotopic (exact) mass is 1960 g/mol. The van der Waals surface area contributed by atoms with Crippen LogP contribution in [-0.2, 0) is 204 Å². The maximum atomic E-state index is 8.55. The van der Waals surface area contributed by atoms with Gasteiger partial charge >= 0.3 is 0 Å². The summed E-state index contributed by atoms with van der Waals surface area (Å²) in [6.07, 6.45) is 0. The van der Waals surface area contributed by atoms with Gasteiger partial charge in [0, 0.05) is 197 Å². The first-order valence-corrected chi connectivity index (χ1v) is 6.97. The van der Waals surface area contributed by atoms with E-state index in [1.165, 1.54) is 0 Å². The average molecular weight is 1950 g/mol. The quantitative estimate of drug-likeness (QED) is 0.299. The SMILES string of the molecule is COCCOCCOc1ccc(OCCOCCO)cc1.[W].[W].[W].[W].[W].[W].[W].[W].[W]. The summed E-state index contributed by atoms with van der Waals surface area (Å²) in [5.41, 5.74) is 0. The smallest absolute Gasteiger partial charge is 0.119 e. The molecule has 0 amide bonds. The van der Waals surface area contributed by atoms with E-state index in [9.17, 15) is 0 Å². The maximum absolute atomic E-state index is 8.55. The van der Waals surface area contributed by atoms with Crippen LogP contribution in [0.15, 0.2) is 24.3 Å². The number of ether oxygens (including phenoxy) is 5. The van der Waals surface area contributed by atoms with Crippen molar-refractivity contribution in [1.82, 2.24) is 0 Å². The van der Waals surface area contributed by atoms with Gasteiger partial charge in [-0.05, 0) is 24.3 Å². The third kappa shape index (κ3) is 37.4. The fourth-order valence-corrected chi connectivity index (χ4v) is 1.48. The van der Waals surface area contributed by atoms with Crippen LogP contribution in [-0.4, -0.2) is 65.1 Å². The number of rotatable bonds is 13. The van der Waals surface area contributed by atoms with E-state index >= 15 is 0 Å². The molecule has 0 bridgehead atoms. The van der Waals surface area contributed by atoms with Crippen molar-refractivity contribution in [3.05, 3.63) is 24.3 Å². The van der Waals surface area contributed by atoms with Crippen molar-refractivity contribution < 1.29 is 218 Å². The second kappa shape index (κ2) is 47.1. The van der Waals surface area contributed by atoms with Gasteiger partial charge in [0.25, 0.3) is 0 Å². The number of aliphatic hydroxyl groups is 1. The van der Waals surface area contributed by atoms with Crippen LogP contribution in [0.3, 0.4) is 0 Å². The van der Waals surface area contributed by atoms with Crippen LogP contribution in [0.25, 0.3) is 0 Å². The number of benzene rings is 1. The molecule has 1 aromatic rings. The molecule has 0 radical (unpaired) electrons. The minimum atomic E-state index is 0. The van der Waals surface area contributed by atoms with Gasteiger partial charge < -0.3 is 28.8 Å². The minimum Gasteiger partial charge on any atom is -0.491 e. The molecule has 0 fully saturated rings. The molecule has 15 heteroatoms. The second-order valence-electron chi connectivity index (χ2n) is 4.11. The summed E-state index contributed by atoms with van der Waals surface area (Å²) in [4.78, 5) is 0. The molecular weight excluding hydrogens is 1930 g/mol. The van der Waals surface area contributed by atoms with Gasteiger partial charge in [0.15, 0.2) is 0 Å². The number of aliphatic hydroxyl groups excluding tert-OH is 1. The van der Waals surface area contributed by atoms with Crippen molar-refractivity contribution >= 4 is 0 Å². The summed E-state index contributed by atoms with van der Waals surface area (Å²) in [7, 11) is 1.64. The molecule has 6 nitrogen and oxygen atoms in total. The molecule has 0 aromatic heterocycles. The Morgan fingerprint density at radius 3 is 1.20 bits per heavy atom. The summed E-state index contributed by atoms with van der Waals surface area (Å²) < 4.78 is 26.3. The zero-order chi connectivity index (χ0) is 15.2. The zero-order valence-corrected chi connectivity index (χ0v) is 42.5. The Labute approximate surface area is 309 Å². The average Bonchev–Trinajstić information content (AvgIpc) is 2.52. The predicted octanol–water partition coefficient (Wildman–Crippen LogP) is 1.09. The van der Waals surface area contributed by atoms with Crippen LogP contribution in [0.5, 0.6) is 11.5 Å². The van der Waals surface area contributed by atoms with Gasteiger partial charge in [-0.15, -0.1) is 0 Å². The van der Waals surface area contributed by atoms with Crippen LogP contribution in [0.1, 0.15) is 0 Å². The molecule has 0 aliphatic heterocycles. The third-order valence-corrected chi connectivity index (χ3v) is 2.48. The van der Waals surface area contributed by atoms with Gasteiger partial charge in [0.2, 0.25) is 0 Å². The summed E-state index contributed by atoms with van der Waals surface area (Å²) in [6.45, 7) is 3.47. The Bertz CT molecular complexity index is 367. The van der Waals surface area contributed by atoms with E-state index in [4.69, 9.17) is 28.8 Å². The van der Waals surface area contributed by atoms with Gasteiger partial charge in [-0.3, -0.25) is 0 Å². The van der Waals surface area contributed by atoms with Crippen LogP contribution in [0.2, 0.25) is 0 Å². The van der Waals surface area contributed by atoms with E-state index in [1.54, 1.807) is 7.11 Å². The van der Waals surface area contributed by atoms with Crippen molar-refractivity contribution in [2.75, 3.05) is 60.0 Å². The summed E-state index contributed by atoms with van der Waals surface area (Å²) in [6, 6.07) is 7.37. The minimum absolute atomic E-state index is 0. The molecule has 174 valence electrons. The van der Waals surface area contributed by atoms with Gasteiger partial charge in [-0.1, -0.05) is 0 Å². The molecule has 0 unspecified atom stereocenters. The Kier molecular flexibility index (Phi) is 93.8. The molecule has 0 aliphatic carbocycles. The summed E-state index contributed by atoms with van der Waals surface area (Å²) in [5, 5.41) is 8.55. The van der Waals surface area contributed by atoms with Crippen molar-refractivity contribution in [1.29, 1.82) is 0 Å². The fraction of sp³-hybridized carbons (Fsp3) is 0.600. The van der Waals surface area contributed by atoms with Crippen molar-refractivity contribution in [2.45, 2.75) is 0 Å². The molecule has 1 N–H and O–H groups in total. The number of hydrogen-bond acceptors (Lipinski definition) is 6. The topological polar surface area (TPSA) is 66.4 Å². The van der Waals surface area contributed by atoms with Crippen LogP contribution in [0, 0.1) is 0 Å². The van der Waals surface area contributed by atoms with Crippen LogP contribution < -0.4 is 9.47 Å². The van der Waals surface area contributed by atoms with E-state index in [2.05, 4.69) is 0 Å². The van der Waals surface area contributed by atoms with Gasteiger partial charge in [0.05, 0.1) is 39.6 Å². The predicted molar refractivity (Wildman–Crippen MR) is 78.0 cm³/mol. The van der Waals surface area contributed by atoms with Gasteiger partial charge in [0.1, 0.15) is 24.7 Å². The largest absolute Gasteiger partial charge is 0.491 e. The third-order valence-electron chi connectivity index (χ3n) is 2.48. The number of methoxy groups -OCH3 is 1.